The van der Waals surface area contributed by atoms with Gasteiger partial charge in [-0.15, -0.1) is 0 Å². The van der Waals surface area contributed by atoms with Gasteiger partial charge in [0.15, 0.2) is 11.6 Å². The molecule has 0 radical (unpaired) electrons. The third kappa shape index (κ3) is 1.36. The summed E-state index contributed by atoms with van der Waals surface area (Å²) in [5, 5.41) is 0.850. The molecule has 3 nitrogen and oxygen atoms in total. The molecule has 0 unspecified atom stereocenters. The van der Waals surface area contributed by atoms with E-state index in [1.165, 1.54) is 13.8 Å². The van der Waals surface area contributed by atoms with Gasteiger partial charge in [0.1, 0.15) is 0 Å². The number of hydrogen-bond acceptors (Lipinski definition) is 2. The Morgan fingerprint density at radius 1 is 1.06 bits per heavy atom. The van der Waals surface area contributed by atoms with Crippen molar-refractivity contribution < 1.29 is 9.59 Å². The number of carbonyl (C=O) groups is 2. The summed E-state index contributed by atoms with van der Waals surface area (Å²) in [5.41, 5.74) is 1.94. The van der Waals surface area contributed by atoms with Crippen LogP contribution in [0.1, 0.15) is 34.7 Å². The molecule has 2 rings (SSSR count). The fourth-order valence-corrected chi connectivity index (χ4v) is 2.16. The third-order valence-electron chi connectivity index (χ3n) is 2.79. The molecule has 1 aromatic heterocycles. The first-order chi connectivity index (χ1) is 7.54. The molecule has 0 spiro atoms. The molecule has 0 aliphatic heterocycles. The van der Waals surface area contributed by atoms with E-state index < -0.39 is 0 Å². The van der Waals surface area contributed by atoms with Crippen LogP contribution in [-0.4, -0.2) is 16.1 Å². The summed E-state index contributed by atoms with van der Waals surface area (Å²) in [6.07, 6.45) is 0. The quantitative estimate of drug-likeness (QED) is 0.722. The third-order valence-corrected chi connectivity index (χ3v) is 2.79. The lowest BCUT2D eigenvalue weighted by molar-refractivity contribution is 0.0977. The van der Waals surface area contributed by atoms with Crippen molar-refractivity contribution in [1.29, 1.82) is 0 Å². The van der Waals surface area contributed by atoms with E-state index >= 15 is 0 Å². The molecule has 0 bridgehead atoms. The van der Waals surface area contributed by atoms with Crippen LogP contribution in [0.2, 0.25) is 0 Å². The highest BCUT2D eigenvalue weighted by Crippen LogP contribution is 2.25. The van der Waals surface area contributed by atoms with Gasteiger partial charge in [-0.05, 0) is 13.0 Å². The highest BCUT2D eigenvalue weighted by Gasteiger charge is 2.20. The van der Waals surface area contributed by atoms with Crippen LogP contribution < -0.4 is 0 Å². The average molecular weight is 215 g/mol. The van der Waals surface area contributed by atoms with Gasteiger partial charge in [0.05, 0.1) is 11.3 Å². The molecule has 1 aromatic carbocycles. The number of nitrogens with zero attached hydrogens (tertiary/aromatic N) is 1. The van der Waals surface area contributed by atoms with E-state index in [2.05, 4.69) is 0 Å². The number of para-hydroxylation sites is 1. The predicted octanol–water partition coefficient (Wildman–Crippen LogP) is 2.58. The van der Waals surface area contributed by atoms with Crippen molar-refractivity contribution in [3.63, 3.8) is 0 Å². The van der Waals surface area contributed by atoms with Crippen LogP contribution in [0.4, 0.5) is 0 Å². The average Bonchev–Trinajstić information content (AvgIpc) is 2.53. The molecule has 0 aliphatic carbocycles. The molecule has 0 fully saturated rings. The number of fused-ring (bicyclic) bond motifs is 1. The van der Waals surface area contributed by atoms with Crippen LogP contribution in [0.25, 0.3) is 10.9 Å². The van der Waals surface area contributed by atoms with E-state index in [9.17, 15) is 9.59 Å². The second-order valence-electron chi connectivity index (χ2n) is 3.91. The van der Waals surface area contributed by atoms with Gasteiger partial charge in [-0.25, -0.2) is 0 Å². The molecule has 2 aromatic rings. The second-order valence-corrected chi connectivity index (χ2v) is 3.91. The van der Waals surface area contributed by atoms with Gasteiger partial charge in [0.25, 0.3) is 0 Å². The molecule has 0 N–H and O–H groups in total. The van der Waals surface area contributed by atoms with Crippen LogP contribution in [-0.2, 0) is 7.05 Å². The van der Waals surface area contributed by atoms with Crippen molar-refractivity contribution in [3.05, 3.63) is 35.5 Å². The summed E-state index contributed by atoms with van der Waals surface area (Å²) in [5.74, 6) is -0.147. The Balaban J connectivity index is 2.97. The smallest absolute Gasteiger partial charge is 0.176 e. The van der Waals surface area contributed by atoms with Crippen molar-refractivity contribution in [2.45, 2.75) is 13.8 Å². The Hall–Kier alpha value is -1.90. The predicted molar refractivity (Wildman–Crippen MR) is 62.9 cm³/mol. The zero-order valence-electron chi connectivity index (χ0n) is 9.57. The molecule has 16 heavy (non-hydrogen) atoms. The first kappa shape index (κ1) is 10.6. The number of carbonyl (C=O) groups excluding carboxylic acids is 2. The van der Waals surface area contributed by atoms with Crippen molar-refractivity contribution in [3.8, 4) is 0 Å². The summed E-state index contributed by atoms with van der Waals surface area (Å²) in [6, 6.07) is 7.56. The standard InChI is InChI=1S/C13H13NO2/c1-8(15)12-10-6-4-5-7-11(10)14(3)13(12)9(2)16/h4-7H,1-3H3. The summed E-state index contributed by atoms with van der Waals surface area (Å²) in [7, 11) is 1.81. The fourth-order valence-electron chi connectivity index (χ4n) is 2.16. The van der Waals surface area contributed by atoms with Gasteiger partial charge in [0, 0.05) is 24.9 Å². The first-order valence-electron chi connectivity index (χ1n) is 5.13. The molecule has 82 valence electrons. The normalized spacial score (nSPS) is 10.7. The van der Waals surface area contributed by atoms with Crippen LogP contribution in [0.5, 0.6) is 0 Å². The lowest BCUT2D eigenvalue weighted by Gasteiger charge is -2.00. The molecule has 1 heterocycles. The van der Waals surface area contributed by atoms with Gasteiger partial charge < -0.3 is 4.57 Å². The van der Waals surface area contributed by atoms with Crippen LogP contribution in [0.15, 0.2) is 24.3 Å². The van der Waals surface area contributed by atoms with Crippen LogP contribution in [0, 0.1) is 0 Å². The maximum Gasteiger partial charge on any atom is 0.176 e. The summed E-state index contributed by atoms with van der Waals surface area (Å²) >= 11 is 0. The van der Waals surface area contributed by atoms with E-state index in [1.807, 2.05) is 31.3 Å². The zero-order valence-corrected chi connectivity index (χ0v) is 9.57. The first-order valence-corrected chi connectivity index (χ1v) is 5.13. The number of Topliss-reactive ketones (excluding diaryl/α,β-unsaturated/α-hetero) is 2. The molecular weight excluding hydrogens is 202 g/mol. The lowest BCUT2D eigenvalue weighted by atomic mass is 10.1. The van der Waals surface area contributed by atoms with E-state index in [1.54, 1.807) is 4.57 Å². The number of benzene rings is 1. The monoisotopic (exact) mass is 215 g/mol. The van der Waals surface area contributed by atoms with Gasteiger partial charge in [0.2, 0.25) is 0 Å². The van der Waals surface area contributed by atoms with Crippen LogP contribution >= 0.6 is 0 Å². The molecule has 0 saturated carbocycles. The molecular formula is C13H13NO2. The van der Waals surface area contributed by atoms with Crippen molar-refractivity contribution in [2.75, 3.05) is 0 Å². The molecule has 3 heteroatoms. The van der Waals surface area contributed by atoms with Crippen molar-refractivity contribution in [1.82, 2.24) is 4.57 Å². The highest BCUT2D eigenvalue weighted by atomic mass is 16.1. The number of hydrogen-bond donors (Lipinski definition) is 0. The minimum atomic E-state index is -0.0797. The Morgan fingerprint density at radius 2 is 1.69 bits per heavy atom. The largest absolute Gasteiger partial charge is 0.341 e. The van der Waals surface area contributed by atoms with E-state index in [0.717, 1.165) is 10.9 Å². The van der Waals surface area contributed by atoms with Crippen LogP contribution in [0.3, 0.4) is 0 Å². The minimum absolute atomic E-state index is 0.0676. The summed E-state index contributed by atoms with van der Waals surface area (Å²) < 4.78 is 1.79. The van der Waals surface area contributed by atoms with Gasteiger partial charge >= 0.3 is 0 Å². The SMILES string of the molecule is CC(=O)c1c(C(C)=O)n(C)c2ccccc12. The topological polar surface area (TPSA) is 39.1 Å². The minimum Gasteiger partial charge on any atom is -0.341 e. The summed E-state index contributed by atoms with van der Waals surface area (Å²) in [6.45, 7) is 2.98. The number of aryl methyl sites for hydroxylation is 1. The number of ketones is 2. The van der Waals surface area contributed by atoms with Crippen molar-refractivity contribution in [2.24, 2.45) is 7.05 Å². The van der Waals surface area contributed by atoms with Gasteiger partial charge in [-0.2, -0.15) is 0 Å². The Kier molecular flexibility index (Phi) is 2.38. The van der Waals surface area contributed by atoms with Gasteiger partial charge in [-0.1, -0.05) is 18.2 Å². The van der Waals surface area contributed by atoms with E-state index in [0.29, 0.717) is 11.3 Å². The van der Waals surface area contributed by atoms with E-state index in [4.69, 9.17) is 0 Å². The zero-order chi connectivity index (χ0) is 11.9. The van der Waals surface area contributed by atoms with Gasteiger partial charge in [-0.3, -0.25) is 9.59 Å². The Bertz CT molecular complexity index is 593. The van der Waals surface area contributed by atoms with E-state index in [-0.39, 0.29) is 11.6 Å². The molecule has 0 atom stereocenters. The molecule has 0 amide bonds. The second kappa shape index (κ2) is 3.59. The Morgan fingerprint density at radius 3 is 2.25 bits per heavy atom. The number of rotatable bonds is 2. The van der Waals surface area contributed by atoms with Crippen molar-refractivity contribution >= 4 is 22.5 Å². The fraction of sp³-hybridized carbons (Fsp3) is 0.231. The Labute approximate surface area is 93.7 Å². The molecule has 0 saturated heterocycles. The maximum atomic E-state index is 11.6. The molecule has 0 aliphatic rings. The number of aromatic nitrogens is 1. The summed E-state index contributed by atoms with van der Waals surface area (Å²) in [4.78, 5) is 23.2. The lowest BCUT2D eigenvalue weighted by Crippen LogP contribution is -2.07. The highest BCUT2D eigenvalue weighted by molar-refractivity contribution is 6.15. The maximum absolute atomic E-state index is 11.6.